The van der Waals surface area contributed by atoms with Gasteiger partial charge in [-0.3, -0.25) is 9.59 Å². The fraction of sp³-hybridized carbons (Fsp3) is 0.238. The van der Waals surface area contributed by atoms with Crippen LogP contribution in [-0.4, -0.2) is 24.1 Å². The molecule has 0 saturated carbocycles. The Morgan fingerprint density at radius 1 is 1.11 bits per heavy atom. The molecule has 0 spiro atoms. The quantitative estimate of drug-likeness (QED) is 0.643. The van der Waals surface area contributed by atoms with E-state index in [1.165, 1.54) is 18.2 Å². The van der Waals surface area contributed by atoms with Crippen LogP contribution >= 0.6 is 15.9 Å². The van der Waals surface area contributed by atoms with Gasteiger partial charge in [0.05, 0.1) is 5.54 Å². The molecule has 4 rings (SSSR count). The average Bonchev–Trinajstić information content (AvgIpc) is 2.69. The van der Waals surface area contributed by atoms with E-state index in [-0.39, 0.29) is 22.8 Å². The maximum absolute atomic E-state index is 13.4. The second-order valence-electron chi connectivity index (χ2n) is 6.89. The number of amides is 1. The van der Waals surface area contributed by atoms with Crippen molar-refractivity contribution < 1.29 is 13.9 Å². The molecular weight excluding hydrogens is 427 g/mol. The minimum absolute atomic E-state index is 0.188. The Morgan fingerprint density at radius 2 is 1.82 bits per heavy atom. The van der Waals surface area contributed by atoms with Gasteiger partial charge in [-0.25, -0.2) is 4.39 Å². The Labute approximate surface area is 169 Å². The summed E-state index contributed by atoms with van der Waals surface area (Å²) in [4.78, 5) is 28.5. The van der Waals surface area contributed by atoms with Gasteiger partial charge in [-0.1, -0.05) is 28.1 Å². The first-order valence-corrected chi connectivity index (χ1v) is 9.75. The second-order valence-corrected chi connectivity index (χ2v) is 7.81. The maximum Gasteiger partial charge on any atom is 0.268 e. The number of carbonyl (C=O) groups excluding carboxylic acids is 1. The highest BCUT2D eigenvalue weighted by Gasteiger charge is 2.36. The number of benzene rings is 2. The fourth-order valence-electron chi connectivity index (χ4n) is 3.60. The molecule has 3 aromatic rings. The number of pyridine rings is 1. The van der Waals surface area contributed by atoms with Crippen LogP contribution in [0.15, 0.2) is 57.8 Å². The zero-order chi connectivity index (χ0) is 19.7. The summed E-state index contributed by atoms with van der Waals surface area (Å²) < 4.78 is 19.6. The first-order chi connectivity index (χ1) is 13.5. The molecule has 28 heavy (non-hydrogen) atoms. The number of fused-ring (bicyclic) bond motifs is 1. The molecule has 0 aliphatic carbocycles. The zero-order valence-corrected chi connectivity index (χ0v) is 16.5. The third-order valence-electron chi connectivity index (χ3n) is 5.13. The van der Waals surface area contributed by atoms with Crippen LogP contribution in [0.5, 0.6) is 0 Å². The van der Waals surface area contributed by atoms with Crippen molar-refractivity contribution in [3.8, 4) is 0 Å². The van der Waals surface area contributed by atoms with Crippen molar-refractivity contribution in [2.24, 2.45) is 0 Å². The number of rotatable bonds is 3. The van der Waals surface area contributed by atoms with E-state index in [0.29, 0.717) is 37.0 Å². The minimum atomic E-state index is -0.672. The molecule has 1 saturated heterocycles. The third kappa shape index (κ3) is 3.59. The summed E-state index contributed by atoms with van der Waals surface area (Å²) in [6.07, 6.45) is 1.13. The van der Waals surface area contributed by atoms with Crippen LogP contribution in [0.3, 0.4) is 0 Å². The standard InChI is InChI=1S/C21H18BrFN2O3/c22-14-3-6-17-16(11-14)19(26)12-18(24-17)20(27)25-21(7-9-28-10-8-21)13-1-4-15(23)5-2-13/h1-6,11-12H,7-10H2,(H,24,26)(H,25,27). The van der Waals surface area contributed by atoms with Crippen LogP contribution in [0.25, 0.3) is 10.9 Å². The van der Waals surface area contributed by atoms with E-state index in [0.717, 1.165) is 10.0 Å². The highest BCUT2D eigenvalue weighted by atomic mass is 79.9. The molecule has 1 aliphatic heterocycles. The third-order valence-corrected chi connectivity index (χ3v) is 5.63. The normalized spacial score (nSPS) is 16.1. The number of nitrogens with one attached hydrogen (secondary N) is 2. The summed E-state index contributed by atoms with van der Waals surface area (Å²) in [6, 6.07) is 12.7. The molecule has 2 aromatic carbocycles. The first kappa shape index (κ1) is 18.8. The van der Waals surface area contributed by atoms with Gasteiger partial charge in [0.15, 0.2) is 5.43 Å². The summed E-state index contributed by atoms with van der Waals surface area (Å²) in [7, 11) is 0. The van der Waals surface area contributed by atoms with Crippen molar-refractivity contribution in [3.63, 3.8) is 0 Å². The molecule has 0 unspecified atom stereocenters. The highest BCUT2D eigenvalue weighted by molar-refractivity contribution is 9.10. The molecule has 0 atom stereocenters. The van der Waals surface area contributed by atoms with Gasteiger partial charge < -0.3 is 15.0 Å². The minimum Gasteiger partial charge on any atom is -0.381 e. The predicted molar refractivity (Wildman–Crippen MR) is 108 cm³/mol. The number of carbonyl (C=O) groups is 1. The van der Waals surface area contributed by atoms with Crippen LogP contribution in [0.4, 0.5) is 4.39 Å². The Balaban J connectivity index is 1.70. The van der Waals surface area contributed by atoms with Crippen molar-refractivity contribution in [3.05, 3.63) is 80.3 Å². The van der Waals surface area contributed by atoms with E-state index < -0.39 is 5.54 Å². The molecular formula is C21H18BrFN2O3. The van der Waals surface area contributed by atoms with Crippen LogP contribution in [0, 0.1) is 5.82 Å². The zero-order valence-electron chi connectivity index (χ0n) is 14.9. The Morgan fingerprint density at radius 3 is 2.54 bits per heavy atom. The first-order valence-electron chi connectivity index (χ1n) is 8.96. The van der Waals surface area contributed by atoms with Gasteiger partial charge >= 0.3 is 0 Å². The molecule has 7 heteroatoms. The van der Waals surface area contributed by atoms with Gasteiger partial charge in [-0.15, -0.1) is 0 Å². The van der Waals surface area contributed by atoms with Gasteiger partial charge in [-0.2, -0.15) is 0 Å². The molecule has 5 nitrogen and oxygen atoms in total. The van der Waals surface area contributed by atoms with Gasteiger partial charge in [0.2, 0.25) is 0 Å². The van der Waals surface area contributed by atoms with Crippen molar-refractivity contribution in [2.45, 2.75) is 18.4 Å². The molecule has 2 heterocycles. The molecule has 2 N–H and O–H groups in total. The van der Waals surface area contributed by atoms with Crippen LogP contribution in [-0.2, 0) is 10.3 Å². The van der Waals surface area contributed by atoms with E-state index in [1.54, 1.807) is 30.3 Å². The smallest absolute Gasteiger partial charge is 0.268 e. The van der Waals surface area contributed by atoms with Crippen LogP contribution in [0.1, 0.15) is 28.9 Å². The molecule has 0 radical (unpaired) electrons. The average molecular weight is 445 g/mol. The molecule has 1 aromatic heterocycles. The lowest BCUT2D eigenvalue weighted by molar-refractivity contribution is 0.0344. The Hall–Kier alpha value is -2.51. The predicted octanol–water partition coefficient (Wildman–Crippen LogP) is 3.87. The lowest BCUT2D eigenvalue weighted by atomic mass is 9.82. The van der Waals surface area contributed by atoms with E-state index in [1.807, 2.05) is 0 Å². The van der Waals surface area contributed by atoms with Gasteiger partial charge in [0.1, 0.15) is 11.5 Å². The molecule has 144 valence electrons. The number of ether oxygens (including phenoxy) is 1. The van der Waals surface area contributed by atoms with Crippen molar-refractivity contribution >= 4 is 32.7 Å². The molecule has 1 fully saturated rings. The Kier molecular flexibility index (Phi) is 5.03. The monoisotopic (exact) mass is 444 g/mol. The van der Waals surface area contributed by atoms with Crippen molar-refractivity contribution in [1.82, 2.24) is 10.3 Å². The maximum atomic E-state index is 13.4. The number of halogens is 2. The SMILES string of the molecule is O=C(NC1(c2ccc(F)cc2)CCOCC1)c1cc(=O)c2cc(Br)ccc2[nH]1. The van der Waals surface area contributed by atoms with Gasteiger partial charge in [0, 0.05) is 34.7 Å². The summed E-state index contributed by atoms with van der Waals surface area (Å²) >= 11 is 3.35. The van der Waals surface area contributed by atoms with Gasteiger partial charge in [0.25, 0.3) is 5.91 Å². The molecule has 1 aliphatic rings. The number of hydrogen-bond acceptors (Lipinski definition) is 3. The van der Waals surface area contributed by atoms with Crippen molar-refractivity contribution in [2.75, 3.05) is 13.2 Å². The van der Waals surface area contributed by atoms with Crippen molar-refractivity contribution in [1.29, 1.82) is 0 Å². The molecule has 1 amide bonds. The van der Waals surface area contributed by atoms with E-state index in [4.69, 9.17) is 4.74 Å². The largest absolute Gasteiger partial charge is 0.381 e. The van der Waals surface area contributed by atoms with E-state index in [2.05, 4.69) is 26.2 Å². The fourth-order valence-corrected chi connectivity index (χ4v) is 3.96. The summed E-state index contributed by atoms with van der Waals surface area (Å²) in [6.45, 7) is 0.972. The lowest BCUT2D eigenvalue weighted by Gasteiger charge is -2.38. The van der Waals surface area contributed by atoms with Gasteiger partial charge in [-0.05, 0) is 48.7 Å². The summed E-state index contributed by atoms with van der Waals surface area (Å²) in [5.74, 6) is -0.713. The number of hydrogen-bond donors (Lipinski definition) is 2. The van der Waals surface area contributed by atoms with E-state index >= 15 is 0 Å². The summed E-state index contributed by atoms with van der Waals surface area (Å²) in [5.41, 5.74) is 0.686. The molecule has 0 bridgehead atoms. The number of aromatic nitrogens is 1. The topological polar surface area (TPSA) is 71.2 Å². The second kappa shape index (κ2) is 7.48. The van der Waals surface area contributed by atoms with Crippen LogP contribution in [0.2, 0.25) is 0 Å². The number of H-pyrrole nitrogens is 1. The lowest BCUT2D eigenvalue weighted by Crippen LogP contribution is -2.49. The number of aromatic amines is 1. The van der Waals surface area contributed by atoms with Crippen LogP contribution < -0.4 is 10.7 Å². The Bertz CT molecular complexity index is 1090. The highest BCUT2D eigenvalue weighted by Crippen LogP contribution is 2.32. The summed E-state index contributed by atoms with van der Waals surface area (Å²) in [5, 5.41) is 3.57. The van der Waals surface area contributed by atoms with E-state index in [9.17, 15) is 14.0 Å².